The lowest BCUT2D eigenvalue weighted by Crippen LogP contribution is -2.30. The second-order valence-corrected chi connectivity index (χ2v) is 5.78. The minimum Gasteiger partial charge on any atom is -0.466 e. The molecule has 100 valence electrons. The van der Waals surface area contributed by atoms with Gasteiger partial charge in [-0.25, -0.2) is 0 Å². The summed E-state index contributed by atoms with van der Waals surface area (Å²) in [7, 11) is 0. The van der Waals surface area contributed by atoms with Crippen LogP contribution >= 0.6 is 0 Å². The highest BCUT2D eigenvalue weighted by atomic mass is 16.5. The second-order valence-electron chi connectivity index (χ2n) is 5.78. The van der Waals surface area contributed by atoms with Crippen LogP contribution in [0, 0.1) is 5.92 Å². The van der Waals surface area contributed by atoms with Gasteiger partial charge < -0.3 is 9.30 Å². The third-order valence-electron chi connectivity index (χ3n) is 3.25. The number of ether oxygens (including phenoxy) is 1. The highest BCUT2D eigenvalue weighted by Crippen LogP contribution is 2.27. The van der Waals surface area contributed by atoms with Crippen molar-refractivity contribution in [3.63, 3.8) is 0 Å². The lowest BCUT2D eigenvalue weighted by molar-refractivity contribution is -0.148. The van der Waals surface area contributed by atoms with Crippen LogP contribution in [0.25, 0.3) is 0 Å². The number of fused-ring (bicyclic) bond motifs is 1. The zero-order valence-corrected chi connectivity index (χ0v) is 11.6. The summed E-state index contributed by atoms with van der Waals surface area (Å²) < 4.78 is 7.22. The summed E-state index contributed by atoms with van der Waals surface area (Å²) in [6.07, 6.45) is 1.45. The Morgan fingerprint density at radius 3 is 2.78 bits per heavy atom. The van der Waals surface area contributed by atoms with Gasteiger partial charge in [-0.05, 0) is 13.3 Å². The Labute approximate surface area is 108 Å². The largest absolute Gasteiger partial charge is 0.466 e. The van der Waals surface area contributed by atoms with Crippen molar-refractivity contribution >= 4 is 5.97 Å². The maximum atomic E-state index is 11.7. The lowest BCUT2D eigenvalue weighted by Gasteiger charge is -2.25. The molecule has 1 atom stereocenters. The molecule has 1 aromatic rings. The summed E-state index contributed by atoms with van der Waals surface area (Å²) in [6, 6.07) is 0. The van der Waals surface area contributed by atoms with Crippen molar-refractivity contribution in [1.82, 2.24) is 14.8 Å². The molecule has 1 aliphatic rings. The van der Waals surface area contributed by atoms with E-state index in [0.717, 1.165) is 24.6 Å². The summed E-state index contributed by atoms with van der Waals surface area (Å²) in [4.78, 5) is 11.7. The number of carbonyl (C=O) groups is 1. The van der Waals surface area contributed by atoms with Gasteiger partial charge >= 0.3 is 5.97 Å². The van der Waals surface area contributed by atoms with Gasteiger partial charge in [0.25, 0.3) is 0 Å². The topological polar surface area (TPSA) is 57.0 Å². The summed E-state index contributed by atoms with van der Waals surface area (Å²) in [6.45, 7) is 9.46. The molecule has 0 fully saturated rings. The summed E-state index contributed by atoms with van der Waals surface area (Å²) >= 11 is 0. The van der Waals surface area contributed by atoms with Crippen molar-refractivity contribution in [2.45, 2.75) is 52.5 Å². The minimum absolute atomic E-state index is 0.0119. The van der Waals surface area contributed by atoms with E-state index in [1.807, 2.05) is 6.92 Å². The molecular formula is C13H21N3O2. The minimum atomic E-state index is -0.107. The number of hydrogen-bond donors (Lipinski definition) is 0. The van der Waals surface area contributed by atoms with E-state index in [1.54, 1.807) is 0 Å². The first-order chi connectivity index (χ1) is 8.43. The van der Waals surface area contributed by atoms with Gasteiger partial charge in [0.15, 0.2) is 0 Å². The molecule has 0 saturated heterocycles. The van der Waals surface area contributed by atoms with E-state index in [1.165, 1.54) is 0 Å². The average Bonchev–Trinajstić information content (AvgIpc) is 2.71. The Morgan fingerprint density at radius 1 is 1.44 bits per heavy atom. The van der Waals surface area contributed by atoms with Crippen LogP contribution in [0.15, 0.2) is 0 Å². The van der Waals surface area contributed by atoms with E-state index in [2.05, 4.69) is 35.5 Å². The molecule has 2 heterocycles. The second kappa shape index (κ2) is 4.71. The van der Waals surface area contributed by atoms with E-state index in [-0.39, 0.29) is 17.3 Å². The van der Waals surface area contributed by atoms with Crippen molar-refractivity contribution in [2.24, 2.45) is 5.92 Å². The third-order valence-corrected chi connectivity index (χ3v) is 3.25. The van der Waals surface area contributed by atoms with Crippen LogP contribution in [0.2, 0.25) is 0 Å². The quantitative estimate of drug-likeness (QED) is 0.751. The zero-order chi connectivity index (χ0) is 13.3. The molecule has 5 nitrogen and oxygen atoms in total. The van der Waals surface area contributed by atoms with E-state index >= 15 is 0 Å². The van der Waals surface area contributed by atoms with E-state index in [0.29, 0.717) is 13.0 Å². The van der Waals surface area contributed by atoms with Gasteiger partial charge in [-0.1, -0.05) is 20.8 Å². The number of hydrogen-bond acceptors (Lipinski definition) is 4. The normalized spacial score (nSPS) is 19.4. The fourth-order valence-electron chi connectivity index (χ4n) is 2.34. The Balaban J connectivity index is 2.17. The van der Waals surface area contributed by atoms with Crippen LogP contribution in [0.5, 0.6) is 0 Å². The molecule has 1 aromatic heterocycles. The molecule has 0 N–H and O–H groups in total. The molecule has 1 unspecified atom stereocenters. The first-order valence-electron chi connectivity index (χ1n) is 6.52. The predicted octanol–water partition coefficient (Wildman–Crippen LogP) is 1.70. The fourth-order valence-corrected chi connectivity index (χ4v) is 2.34. The average molecular weight is 251 g/mol. The summed E-state index contributed by atoms with van der Waals surface area (Å²) in [5, 5.41) is 8.49. The molecule has 0 saturated carbocycles. The van der Waals surface area contributed by atoms with Crippen molar-refractivity contribution in [1.29, 1.82) is 0 Å². The number of nitrogens with zero attached hydrogens (tertiary/aromatic N) is 3. The van der Waals surface area contributed by atoms with E-state index < -0.39 is 0 Å². The van der Waals surface area contributed by atoms with Crippen molar-refractivity contribution < 1.29 is 9.53 Å². The highest BCUT2D eigenvalue weighted by Gasteiger charge is 2.31. The monoisotopic (exact) mass is 251 g/mol. The Bertz CT molecular complexity index is 446. The van der Waals surface area contributed by atoms with Crippen molar-refractivity contribution in [2.75, 3.05) is 6.61 Å². The van der Waals surface area contributed by atoms with Gasteiger partial charge in [0, 0.05) is 18.4 Å². The first kappa shape index (κ1) is 13.1. The SMILES string of the molecule is CCOC(=O)C1CCn2c(nnc2C(C)(C)C)C1. The predicted molar refractivity (Wildman–Crippen MR) is 67.2 cm³/mol. The Hall–Kier alpha value is -1.39. The maximum absolute atomic E-state index is 11.7. The van der Waals surface area contributed by atoms with Gasteiger partial charge in [-0.3, -0.25) is 4.79 Å². The molecule has 0 aromatic carbocycles. The van der Waals surface area contributed by atoms with Gasteiger partial charge in [-0.2, -0.15) is 0 Å². The Morgan fingerprint density at radius 2 is 2.17 bits per heavy atom. The van der Waals surface area contributed by atoms with Gasteiger partial charge in [0.2, 0.25) is 0 Å². The van der Waals surface area contributed by atoms with Crippen LogP contribution in [0.1, 0.15) is 45.8 Å². The molecular weight excluding hydrogens is 230 g/mol. The number of esters is 1. The molecule has 0 amide bonds. The van der Waals surface area contributed by atoms with E-state index in [4.69, 9.17) is 4.74 Å². The lowest BCUT2D eigenvalue weighted by atomic mass is 9.93. The van der Waals surface area contributed by atoms with Crippen LogP contribution in [0.3, 0.4) is 0 Å². The van der Waals surface area contributed by atoms with Crippen LogP contribution in [0.4, 0.5) is 0 Å². The highest BCUT2D eigenvalue weighted by molar-refractivity contribution is 5.72. The number of rotatable bonds is 2. The van der Waals surface area contributed by atoms with Crippen molar-refractivity contribution in [3.05, 3.63) is 11.6 Å². The molecule has 5 heteroatoms. The molecule has 0 aliphatic carbocycles. The third kappa shape index (κ3) is 2.40. The zero-order valence-electron chi connectivity index (χ0n) is 11.6. The smallest absolute Gasteiger partial charge is 0.309 e. The number of carbonyl (C=O) groups excluding carboxylic acids is 1. The molecule has 0 spiro atoms. The molecule has 1 aliphatic heterocycles. The fraction of sp³-hybridized carbons (Fsp3) is 0.769. The number of aromatic nitrogens is 3. The van der Waals surface area contributed by atoms with Gasteiger partial charge in [0.1, 0.15) is 11.6 Å². The molecule has 18 heavy (non-hydrogen) atoms. The first-order valence-corrected chi connectivity index (χ1v) is 6.52. The maximum Gasteiger partial charge on any atom is 0.309 e. The summed E-state index contributed by atoms with van der Waals surface area (Å²) in [5.74, 6) is 1.74. The molecule has 0 radical (unpaired) electrons. The van der Waals surface area contributed by atoms with Crippen LogP contribution in [-0.4, -0.2) is 27.3 Å². The van der Waals surface area contributed by atoms with Gasteiger partial charge in [0.05, 0.1) is 12.5 Å². The summed E-state index contributed by atoms with van der Waals surface area (Å²) in [5.41, 5.74) is -0.0119. The van der Waals surface area contributed by atoms with Crippen LogP contribution in [-0.2, 0) is 27.9 Å². The van der Waals surface area contributed by atoms with Gasteiger partial charge in [-0.15, -0.1) is 10.2 Å². The van der Waals surface area contributed by atoms with Crippen molar-refractivity contribution in [3.8, 4) is 0 Å². The van der Waals surface area contributed by atoms with E-state index in [9.17, 15) is 4.79 Å². The van der Waals surface area contributed by atoms with Crippen LogP contribution < -0.4 is 0 Å². The molecule has 2 rings (SSSR count). The Kier molecular flexibility index (Phi) is 3.41. The molecule has 0 bridgehead atoms. The standard InChI is InChI=1S/C13H21N3O2/c1-5-18-11(17)9-6-7-16-10(8-9)14-15-12(16)13(2,3)4/h9H,5-8H2,1-4H3.